The Labute approximate surface area is 123 Å². The second-order valence-corrected chi connectivity index (χ2v) is 5.45. The van der Waals surface area contributed by atoms with Crippen LogP contribution in [0.5, 0.6) is 0 Å². The molecule has 1 N–H and O–H groups in total. The van der Waals surface area contributed by atoms with Gasteiger partial charge in [0, 0.05) is 21.6 Å². The smallest absolute Gasteiger partial charge is 0.150 e. The van der Waals surface area contributed by atoms with Gasteiger partial charge < -0.3 is 5.32 Å². The maximum atomic E-state index is 13.7. The summed E-state index contributed by atoms with van der Waals surface area (Å²) in [6, 6.07) is 9.19. The van der Waals surface area contributed by atoms with E-state index in [0.29, 0.717) is 9.50 Å². The van der Waals surface area contributed by atoms with Gasteiger partial charge in [0.2, 0.25) is 0 Å². The summed E-state index contributed by atoms with van der Waals surface area (Å²) in [7, 11) is 0. The third kappa shape index (κ3) is 3.45. The van der Waals surface area contributed by atoms with Gasteiger partial charge in [-0.05, 0) is 46.6 Å². The first kappa shape index (κ1) is 14.3. The summed E-state index contributed by atoms with van der Waals surface area (Å²) in [4.78, 5) is 0. The lowest BCUT2D eigenvalue weighted by Crippen LogP contribution is -2.08. The van der Waals surface area contributed by atoms with E-state index in [1.165, 1.54) is 6.07 Å². The van der Waals surface area contributed by atoms with Crippen LogP contribution in [-0.2, 0) is 0 Å². The highest BCUT2D eigenvalue weighted by Crippen LogP contribution is 2.30. The first-order valence-electron chi connectivity index (χ1n) is 5.64. The molecule has 0 spiro atoms. The normalized spacial score (nSPS) is 12.3. The second kappa shape index (κ2) is 5.88. The van der Waals surface area contributed by atoms with Gasteiger partial charge in [-0.2, -0.15) is 0 Å². The van der Waals surface area contributed by atoms with Crippen molar-refractivity contribution in [3.63, 3.8) is 0 Å². The zero-order valence-corrected chi connectivity index (χ0v) is 12.4. The molecule has 0 aliphatic rings. The van der Waals surface area contributed by atoms with Crippen molar-refractivity contribution in [2.24, 2.45) is 0 Å². The SMILES string of the molecule is CC(Nc1c(F)cc(F)cc1Br)c1ccc(Cl)cc1. The molecule has 19 heavy (non-hydrogen) atoms. The van der Waals surface area contributed by atoms with Crippen molar-refractivity contribution in [2.45, 2.75) is 13.0 Å². The van der Waals surface area contributed by atoms with Gasteiger partial charge in [-0.25, -0.2) is 8.78 Å². The van der Waals surface area contributed by atoms with E-state index in [9.17, 15) is 8.78 Å². The quantitative estimate of drug-likeness (QED) is 0.768. The zero-order chi connectivity index (χ0) is 14.0. The number of halogens is 4. The number of benzene rings is 2. The molecule has 0 amide bonds. The average Bonchev–Trinajstić information content (AvgIpc) is 2.34. The summed E-state index contributed by atoms with van der Waals surface area (Å²) in [5, 5.41) is 3.65. The zero-order valence-electron chi connectivity index (χ0n) is 10.1. The van der Waals surface area contributed by atoms with Gasteiger partial charge in [0.1, 0.15) is 11.6 Å². The maximum absolute atomic E-state index is 13.7. The molecule has 0 aromatic heterocycles. The molecule has 0 bridgehead atoms. The predicted octanol–water partition coefficient (Wildman–Crippen LogP) is 5.55. The van der Waals surface area contributed by atoms with Crippen molar-refractivity contribution < 1.29 is 8.78 Å². The van der Waals surface area contributed by atoms with E-state index in [1.54, 1.807) is 12.1 Å². The van der Waals surface area contributed by atoms with Gasteiger partial charge in [-0.1, -0.05) is 23.7 Å². The Hall–Kier alpha value is -1.13. The fourth-order valence-corrected chi connectivity index (χ4v) is 2.38. The van der Waals surface area contributed by atoms with E-state index in [1.807, 2.05) is 19.1 Å². The monoisotopic (exact) mass is 345 g/mol. The van der Waals surface area contributed by atoms with Gasteiger partial charge >= 0.3 is 0 Å². The van der Waals surface area contributed by atoms with E-state index in [-0.39, 0.29) is 11.7 Å². The molecule has 0 aliphatic carbocycles. The van der Waals surface area contributed by atoms with E-state index in [4.69, 9.17) is 11.6 Å². The van der Waals surface area contributed by atoms with Crippen LogP contribution in [0.3, 0.4) is 0 Å². The summed E-state index contributed by atoms with van der Waals surface area (Å²) in [5.41, 5.74) is 1.20. The Morgan fingerprint density at radius 3 is 2.37 bits per heavy atom. The van der Waals surface area contributed by atoms with Gasteiger partial charge in [0.15, 0.2) is 0 Å². The fourth-order valence-electron chi connectivity index (χ4n) is 1.73. The molecule has 5 heteroatoms. The summed E-state index contributed by atoms with van der Waals surface area (Å²) < 4.78 is 27.1. The van der Waals surface area contributed by atoms with Gasteiger partial charge in [-0.3, -0.25) is 0 Å². The summed E-state index contributed by atoms with van der Waals surface area (Å²) in [6.45, 7) is 1.89. The first-order chi connectivity index (χ1) is 8.97. The van der Waals surface area contributed by atoms with Crippen LogP contribution in [0.2, 0.25) is 5.02 Å². The maximum Gasteiger partial charge on any atom is 0.150 e. The molecule has 1 unspecified atom stereocenters. The molecule has 0 saturated carbocycles. The van der Waals surface area contributed by atoms with Crippen molar-refractivity contribution >= 4 is 33.2 Å². The molecular weight excluding hydrogens is 336 g/mol. The molecule has 0 fully saturated rings. The molecule has 1 atom stereocenters. The van der Waals surface area contributed by atoms with Crippen LogP contribution in [0, 0.1) is 11.6 Å². The summed E-state index contributed by atoms with van der Waals surface area (Å²) in [5.74, 6) is -1.25. The van der Waals surface area contributed by atoms with Crippen molar-refractivity contribution in [1.82, 2.24) is 0 Å². The second-order valence-electron chi connectivity index (χ2n) is 4.16. The van der Waals surface area contributed by atoms with E-state index >= 15 is 0 Å². The summed E-state index contributed by atoms with van der Waals surface area (Å²) in [6.07, 6.45) is 0. The molecule has 0 aliphatic heterocycles. The average molecular weight is 347 g/mol. The van der Waals surface area contributed by atoms with Crippen LogP contribution < -0.4 is 5.32 Å². The molecule has 2 rings (SSSR count). The first-order valence-corrected chi connectivity index (χ1v) is 6.81. The Kier molecular flexibility index (Phi) is 4.42. The highest BCUT2D eigenvalue weighted by molar-refractivity contribution is 9.10. The molecule has 1 nitrogen and oxygen atoms in total. The van der Waals surface area contributed by atoms with Crippen molar-refractivity contribution in [3.05, 3.63) is 63.1 Å². The van der Waals surface area contributed by atoms with Crippen molar-refractivity contribution in [3.8, 4) is 0 Å². The van der Waals surface area contributed by atoms with Crippen LogP contribution in [0.4, 0.5) is 14.5 Å². The van der Waals surface area contributed by atoms with Crippen LogP contribution in [0.25, 0.3) is 0 Å². The molecular formula is C14H11BrClF2N. The van der Waals surface area contributed by atoms with Crippen molar-refractivity contribution in [2.75, 3.05) is 5.32 Å². The lowest BCUT2D eigenvalue weighted by molar-refractivity contribution is 0.582. The third-order valence-electron chi connectivity index (χ3n) is 2.74. The lowest BCUT2D eigenvalue weighted by Gasteiger charge is -2.17. The Balaban J connectivity index is 2.24. The minimum atomic E-state index is -0.632. The Bertz CT molecular complexity index is 563. The molecule has 2 aromatic carbocycles. The minimum Gasteiger partial charge on any atom is -0.375 e. The van der Waals surface area contributed by atoms with Crippen LogP contribution >= 0.6 is 27.5 Å². The number of nitrogens with one attached hydrogen (secondary N) is 1. The lowest BCUT2D eigenvalue weighted by atomic mass is 10.1. The highest BCUT2D eigenvalue weighted by atomic mass is 79.9. The van der Waals surface area contributed by atoms with E-state index in [0.717, 1.165) is 11.6 Å². The fraction of sp³-hybridized carbons (Fsp3) is 0.143. The molecule has 0 saturated heterocycles. The topological polar surface area (TPSA) is 12.0 Å². The van der Waals surface area contributed by atoms with Crippen molar-refractivity contribution in [1.29, 1.82) is 0 Å². The number of anilines is 1. The Morgan fingerprint density at radius 2 is 1.79 bits per heavy atom. The van der Waals surface area contributed by atoms with E-state index < -0.39 is 11.6 Å². The minimum absolute atomic E-state index is 0.131. The van der Waals surface area contributed by atoms with Crippen LogP contribution in [0.1, 0.15) is 18.5 Å². The standard InChI is InChI=1S/C14H11BrClF2N/c1-8(9-2-4-10(16)5-3-9)19-14-12(15)6-11(17)7-13(14)18/h2-8,19H,1H3. The number of rotatable bonds is 3. The molecule has 0 heterocycles. The molecule has 100 valence electrons. The molecule has 2 aromatic rings. The number of hydrogen-bond donors (Lipinski definition) is 1. The predicted molar refractivity (Wildman–Crippen MR) is 77.5 cm³/mol. The Morgan fingerprint density at radius 1 is 1.16 bits per heavy atom. The summed E-state index contributed by atoms with van der Waals surface area (Å²) >= 11 is 8.96. The largest absolute Gasteiger partial charge is 0.375 e. The third-order valence-corrected chi connectivity index (χ3v) is 3.62. The van der Waals surface area contributed by atoms with Gasteiger partial charge in [0.25, 0.3) is 0 Å². The number of hydrogen-bond acceptors (Lipinski definition) is 1. The van der Waals surface area contributed by atoms with Crippen LogP contribution in [0.15, 0.2) is 40.9 Å². The van der Waals surface area contributed by atoms with Gasteiger partial charge in [0.05, 0.1) is 5.69 Å². The highest BCUT2D eigenvalue weighted by Gasteiger charge is 2.13. The van der Waals surface area contributed by atoms with E-state index in [2.05, 4.69) is 21.2 Å². The van der Waals surface area contributed by atoms with Crippen LogP contribution in [-0.4, -0.2) is 0 Å². The molecule has 0 radical (unpaired) electrons. The van der Waals surface area contributed by atoms with Gasteiger partial charge in [-0.15, -0.1) is 0 Å².